The number of hydrogen-bond acceptors (Lipinski definition) is 4. The quantitative estimate of drug-likeness (QED) is 0.689. The number of fused-ring (bicyclic) bond motifs is 1. The standard InChI is InChI=1S/C24H25FN4O2/c25-17-2-4-19(5-3-17)29-15-21(24(26)31)23(30)20-13-16(1-8-22(20)29)14-27-9-11-28(12-10-27)18-6-7-18/h1-5,8,13,15,18H,6-7,9-12,14H2,(H2,26,31). The molecule has 31 heavy (non-hydrogen) atoms. The van der Waals surface area contributed by atoms with Crippen LogP contribution in [-0.4, -0.2) is 52.5 Å². The van der Waals surface area contributed by atoms with E-state index < -0.39 is 5.91 Å². The molecule has 2 fully saturated rings. The van der Waals surface area contributed by atoms with Gasteiger partial charge in [-0.05, 0) is 54.8 Å². The molecule has 1 saturated heterocycles. The van der Waals surface area contributed by atoms with Gasteiger partial charge in [0.25, 0.3) is 5.91 Å². The number of amides is 1. The van der Waals surface area contributed by atoms with Crippen LogP contribution < -0.4 is 11.2 Å². The Balaban J connectivity index is 1.50. The zero-order valence-electron chi connectivity index (χ0n) is 17.3. The van der Waals surface area contributed by atoms with Crippen LogP contribution in [0, 0.1) is 5.82 Å². The molecular formula is C24H25FN4O2. The average molecular weight is 420 g/mol. The number of rotatable bonds is 5. The molecule has 2 heterocycles. The van der Waals surface area contributed by atoms with Crippen molar-refractivity contribution in [2.24, 2.45) is 5.73 Å². The number of hydrogen-bond donors (Lipinski definition) is 1. The number of nitrogens with two attached hydrogens (primary N) is 1. The Labute approximate surface area is 179 Å². The number of carbonyl (C=O) groups excluding carboxylic acids is 1. The monoisotopic (exact) mass is 420 g/mol. The SMILES string of the molecule is NC(=O)c1cn(-c2ccc(F)cc2)c2ccc(CN3CCN(C4CC4)CC3)cc2c1=O. The molecule has 160 valence electrons. The van der Waals surface area contributed by atoms with Gasteiger partial charge in [-0.1, -0.05) is 6.07 Å². The number of piperazine rings is 1. The highest BCUT2D eigenvalue weighted by atomic mass is 19.1. The lowest BCUT2D eigenvalue weighted by atomic mass is 10.1. The maximum atomic E-state index is 13.4. The van der Waals surface area contributed by atoms with Crippen LogP contribution in [0.5, 0.6) is 0 Å². The normalized spacial score (nSPS) is 17.8. The van der Waals surface area contributed by atoms with Crippen molar-refractivity contribution in [3.63, 3.8) is 0 Å². The lowest BCUT2D eigenvalue weighted by molar-refractivity contribution is 0.0999. The van der Waals surface area contributed by atoms with Crippen molar-refractivity contribution in [3.8, 4) is 5.69 Å². The van der Waals surface area contributed by atoms with Crippen molar-refractivity contribution in [1.29, 1.82) is 0 Å². The van der Waals surface area contributed by atoms with E-state index in [4.69, 9.17) is 5.73 Å². The molecule has 5 rings (SSSR count). The second kappa shape index (κ2) is 7.90. The molecule has 1 aliphatic carbocycles. The summed E-state index contributed by atoms with van der Waals surface area (Å²) < 4.78 is 15.1. The number of primary amides is 1. The summed E-state index contributed by atoms with van der Waals surface area (Å²) in [6, 6.07) is 12.5. The average Bonchev–Trinajstić information content (AvgIpc) is 3.61. The van der Waals surface area contributed by atoms with Gasteiger partial charge in [0.15, 0.2) is 0 Å². The predicted octanol–water partition coefficient (Wildman–Crippen LogP) is 2.51. The van der Waals surface area contributed by atoms with Crippen LogP contribution in [0.3, 0.4) is 0 Å². The summed E-state index contributed by atoms with van der Waals surface area (Å²) in [5, 5.41) is 0.440. The van der Waals surface area contributed by atoms with Gasteiger partial charge in [0.05, 0.1) is 5.52 Å². The van der Waals surface area contributed by atoms with E-state index in [1.807, 2.05) is 18.2 Å². The summed E-state index contributed by atoms with van der Waals surface area (Å²) in [5.41, 5.74) is 7.36. The molecule has 0 radical (unpaired) electrons. The molecule has 2 N–H and O–H groups in total. The molecule has 1 amide bonds. The third-order valence-corrected chi connectivity index (χ3v) is 6.31. The predicted molar refractivity (Wildman–Crippen MR) is 118 cm³/mol. The van der Waals surface area contributed by atoms with Gasteiger partial charge in [0.2, 0.25) is 5.43 Å². The van der Waals surface area contributed by atoms with E-state index in [1.165, 1.54) is 31.2 Å². The Kier molecular flexibility index (Phi) is 5.08. The first kappa shape index (κ1) is 19.9. The van der Waals surface area contributed by atoms with Crippen molar-refractivity contribution in [3.05, 3.63) is 75.8 Å². The van der Waals surface area contributed by atoms with E-state index in [0.29, 0.717) is 16.6 Å². The topological polar surface area (TPSA) is 71.6 Å². The van der Waals surface area contributed by atoms with Gasteiger partial charge in [-0.15, -0.1) is 0 Å². The summed E-state index contributed by atoms with van der Waals surface area (Å²) >= 11 is 0. The maximum Gasteiger partial charge on any atom is 0.254 e. The molecule has 6 nitrogen and oxygen atoms in total. The Hall–Kier alpha value is -3.03. The van der Waals surface area contributed by atoms with Crippen LogP contribution in [0.2, 0.25) is 0 Å². The first-order valence-corrected chi connectivity index (χ1v) is 10.7. The number of pyridine rings is 1. The zero-order chi connectivity index (χ0) is 21.5. The fraction of sp³-hybridized carbons (Fsp3) is 0.333. The van der Waals surface area contributed by atoms with Crippen LogP contribution in [0.15, 0.2) is 53.5 Å². The molecule has 0 bridgehead atoms. The summed E-state index contributed by atoms with van der Waals surface area (Å²) in [5.74, 6) is -1.13. The van der Waals surface area contributed by atoms with Gasteiger partial charge < -0.3 is 10.3 Å². The first-order valence-electron chi connectivity index (χ1n) is 10.7. The minimum absolute atomic E-state index is 0.0768. The Morgan fingerprint density at radius 3 is 2.39 bits per heavy atom. The lowest BCUT2D eigenvalue weighted by Crippen LogP contribution is -2.46. The van der Waals surface area contributed by atoms with Crippen LogP contribution in [0.1, 0.15) is 28.8 Å². The molecule has 2 aliphatic rings. The van der Waals surface area contributed by atoms with Gasteiger partial charge in [0, 0.05) is 56.0 Å². The minimum atomic E-state index is -0.774. The van der Waals surface area contributed by atoms with Crippen molar-refractivity contribution in [1.82, 2.24) is 14.4 Å². The van der Waals surface area contributed by atoms with Crippen LogP contribution in [0.25, 0.3) is 16.6 Å². The number of aromatic nitrogens is 1. The fourth-order valence-corrected chi connectivity index (χ4v) is 4.45. The molecule has 1 aromatic heterocycles. The van der Waals surface area contributed by atoms with E-state index in [0.717, 1.165) is 44.3 Å². The van der Waals surface area contributed by atoms with Crippen LogP contribution in [-0.2, 0) is 6.54 Å². The van der Waals surface area contributed by atoms with E-state index >= 15 is 0 Å². The molecule has 3 aromatic rings. The largest absolute Gasteiger partial charge is 0.365 e. The van der Waals surface area contributed by atoms with E-state index in [-0.39, 0.29) is 16.8 Å². The summed E-state index contributed by atoms with van der Waals surface area (Å²) in [6.45, 7) is 4.94. The molecule has 0 unspecified atom stereocenters. The van der Waals surface area contributed by atoms with Crippen molar-refractivity contribution in [2.75, 3.05) is 26.2 Å². The van der Waals surface area contributed by atoms with E-state index in [2.05, 4.69) is 9.80 Å². The first-order chi connectivity index (χ1) is 15.0. The number of benzene rings is 2. The molecule has 7 heteroatoms. The summed E-state index contributed by atoms with van der Waals surface area (Å²) in [6.07, 6.45) is 4.09. The zero-order valence-corrected chi connectivity index (χ0v) is 17.3. The molecule has 1 aliphatic heterocycles. The van der Waals surface area contributed by atoms with Crippen molar-refractivity contribution >= 4 is 16.8 Å². The number of carbonyl (C=O) groups is 1. The Morgan fingerprint density at radius 2 is 1.74 bits per heavy atom. The molecular weight excluding hydrogens is 395 g/mol. The maximum absolute atomic E-state index is 13.4. The minimum Gasteiger partial charge on any atom is -0.365 e. The van der Waals surface area contributed by atoms with Gasteiger partial charge >= 0.3 is 0 Å². The van der Waals surface area contributed by atoms with Crippen molar-refractivity contribution < 1.29 is 9.18 Å². The molecule has 0 atom stereocenters. The Morgan fingerprint density at radius 1 is 1.03 bits per heavy atom. The van der Waals surface area contributed by atoms with E-state index in [9.17, 15) is 14.0 Å². The molecule has 2 aromatic carbocycles. The van der Waals surface area contributed by atoms with Gasteiger partial charge in [-0.25, -0.2) is 4.39 Å². The Bertz CT molecular complexity index is 1190. The fourth-order valence-electron chi connectivity index (χ4n) is 4.45. The van der Waals surface area contributed by atoms with Gasteiger partial charge in [0.1, 0.15) is 11.4 Å². The third-order valence-electron chi connectivity index (χ3n) is 6.31. The number of nitrogens with zero attached hydrogens (tertiary/aromatic N) is 3. The molecule has 1 saturated carbocycles. The second-order valence-corrected chi connectivity index (χ2v) is 8.48. The third kappa shape index (κ3) is 3.98. The highest BCUT2D eigenvalue weighted by molar-refractivity contribution is 5.96. The lowest BCUT2D eigenvalue weighted by Gasteiger charge is -2.34. The summed E-state index contributed by atoms with van der Waals surface area (Å²) in [4.78, 5) is 29.9. The van der Waals surface area contributed by atoms with Crippen LogP contribution >= 0.6 is 0 Å². The van der Waals surface area contributed by atoms with Crippen LogP contribution in [0.4, 0.5) is 4.39 Å². The smallest absolute Gasteiger partial charge is 0.254 e. The van der Waals surface area contributed by atoms with Gasteiger partial charge in [-0.3, -0.25) is 19.4 Å². The summed E-state index contributed by atoms with van der Waals surface area (Å²) in [7, 11) is 0. The van der Waals surface area contributed by atoms with Gasteiger partial charge in [-0.2, -0.15) is 0 Å². The number of halogens is 1. The highest BCUT2D eigenvalue weighted by Gasteiger charge is 2.31. The highest BCUT2D eigenvalue weighted by Crippen LogP contribution is 2.28. The molecule has 0 spiro atoms. The second-order valence-electron chi connectivity index (χ2n) is 8.48. The van der Waals surface area contributed by atoms with E-state index in [1.54, 1.807) is 16.7 Å². The van der Waals surface area contributed by atoms with Crippen molar-refractivity contribution in [2.45, 2.75) is 25.4 Å².